The van der Waals surface area contributed by atoms with Crippen molar-refractivity contribution in [3.8, 4) is 5.75 Å². The molecule has 4 N–H and O–H groups in total. The fourth-order valence-electron chi connectivity index (χ4n) is 4.26. The SMILES string of the molecule is Cl.Cl.N=C(N)c1cccc(/C=C/CN(c2ccc(OC3CCN(c4ncccn4)CC3)c(Cl)c2)S(=O)(=O)CC(=O)O)c1. The number of nitrogens with one attached hydrogen (secondary N) is 1. The summed E-state index contributed by atoms with van der Waals surface area (Å²) in [7, 11) is -4.23. The van der Waals surface area contributed by atoms with E-state index in [0.29, 0.717) is 35.9 Å². The molecule has 0 unspecified atom stereocenters. The second-order valence-corrected chi connectivity index (χ2v) is 11.4. The molecule has 0 bridgehead atoms. The number of nitrogens with zero attached hydrogens (tertiary/aromatic N) is 4. The van der Waals surface area contributed by atoms with Gasteiger partial charge in [-0.05, 0) is 35.9 Å². The van der Waals surface area contributed by atoms with Gasteiger partial charge in [0, 0.05) is 43.9 Å². The average Bonchev–Trinajstić information content (AvgIpc) is 2.92. The standard InChI is InChI=1S/C27H29ClN6O5S.2ClH/c28-23-17-21(7-8-24(23)39-22-9-14-33(15-10-22)27-31-11-3-12-32-27)34(40(37,38)18-25(35)36)13-2-5-19-4-1-6-20(16-19)26(29)30;;/h1-8,11-12,16-17,22H,9-10,13-15,18H2,(H3,29,30)(H,35,36);2*1H/b5-2+;;. The number of hydrogen-bond acceptors (Lipinski definition) is 8. The van der Waals surface area contributed by atoms with Crippen molar-refractivity contribution in [1.82, 2.24) is 9.97 Å². The number of aromatic nitrogens is 2. The van der Waals surface area contributed by atoms with Gasteiger partial charge in [0.25, 0.3) is 0 Å². The Morgan fingerprint density at radius 1 is 1.14 bits per heavy atom. The first kappa shape index (κ1) is 34.6. The van der Waals surface area contributed by atoms with E-state index in [2.05, 4.69) is 14.9 Å². The van der Waals surface area contributed by atoms with E-state index in [4.69, 9.17) is 27.5 Å². The van der Waals surface area contributed by atoms with Crippen molar-refractivity contribution in [3.63, 3.8) is 0 Å². The summed E-state index contributed by atoms with van der Waals surface area (Å²) in [5, 5.41) is 17.0. The zero-order valence-electron chi connectivity index (χ0n) is 22.3. The van der Waals surface area contributed by atoms with Gasteiger partial charge < -0.3 is 20.5 Å². The fraction of sp³-hybridized carbons (Fsp3) is 0.259. The number of nitrogen functional groups attached to an aromatic ring is 1. The number of anilines is 2. The van der Waals surface area contributed by atoms with Crippen molar-refractivity contribution in [2.45, 2.75) is 18.9 Å². The van der Waals surface area contributed by atoms with Gasteiger partial charge >= 0.3 is 5.97 Å². The highest BCUT2D eigenvalue weighted by Gasteiger charge is 2.27. The van der Waals surface area contributed by atoms with Crippen LogP contribution >= 0.6 is 36.4 Å². The minimum absolute atomic E-state index is 0. The van der Waals surface area contributed by atoms with Crippen LogP contribution in [-0.2, 0) is 14.8 Å². The topological polar surface area (TPSA) is 163 Å². The van der Waals surface area contributed by atoms with Gasteiger partial charge in [-0.25, -0.2) is 18.4 Å². The summed E-state index contributed by atoms with van der Waals surface area (Å²) in [6.45, 7) is 1.29. The first-order valence-corrected chi connectivity index (χ1v) is 14.4. The number of carbonyl (C=O) groups is 1. The van der Waals surface area contributed by atoms with E-state index in [1.165, 1.54) is 12.1 Å². The molecule has 11 nitrogen and oxygen atoms in total. The Hall–Kier alpha value is -3.58. The predicted molar refractivity (Wildman–Crippen MR) is 169 cm³/mol. The van der Waals surface area contributed by atoms with Crippen LogP contribution in [0.4, 0.5) is 11.6 Å². The molecule has 15 heteroatoms. The molecule has 1 fully saturated rings. The Balaban J connectivity index is 0.00000308. The highest BCUT2D eigenvalue weighted by Crippen LogP contribution is 2.33. The lowest BCUT2D eigenvalue weighted by atomic mass is 10.1. The second-order valence-electron chi connectivity index (χ2n) is 9.09. The number of nitrogens with two attached hydrogens (primary N) is 1. The quantitative estimate of drug-likeness (QED) is 0.202. The third kappa shape index (κ3) is 9.21. The summed E-state index contributed by atoms with van der Waals surface area (Å²) in [6.07, 6.45) is 8.02. The summed E-state index contributed by atoms with van der Waals surface area (Å²) in [6, 6.07) is 13.2. The van der Waals surface area contributed by atoms with Crippen LogP contribution in [0.1, 0.15) is 24.0 Å². The van der Waals surface area contributed by atoms with Gasteiger partial charge in [0.15, 0.2) is 5.75 Å². The molecule has 3 aromatic rings. The normalized spacial score (nSPS) is 13.6. The van der Waals surface area contributed by atoms with Crippen molar-refractivity contribution >= 4 is 76.0 Å². The van der Waals surface area contributed by atoms with Crippen LogP contribution in [0, 0.1) is 5.41 Å². The molecule has 0 radical (unpaired) electrons. The molecular formula is C27H31Cl3N6O5S. The Morgan fingerprint density at radius 3 is 2.45 bits per heavy atom. The molecule has 1 aromatic heterocycles. The van der Waals surface area contributed by atoms with E-state index < -0.39 is 21.7 Å². The summed E-state index contributed by atoms with van der Waals surface area (Å²) < 4.78 is 33.0. The number of hydrogen-bond donors (Lipinski definition) is 3. The summed E-state index contributed by atoms with van der Waals surface area (Å²) in [5.41, 5.74) is 6.98. The number of piperidine rings is 1. The van der Waals surface area contributed by atoms with Crippen molar-refractivity contribution in [2.75, 3.05) is 34.6 Å². The van der Waals surface area contributed by atoms with E-state index in [0.717, 1.165) is 17.1 Å². The van der Waals surface area contributed by atoms with E-state index in [9.17, 15) is 18.3 Å². The number of ether oxygens (including phenoxy) is 1. The van der Waals surface area contributed by atoms with Crippen LogP contribution in [0.2, 0.25) is 5.02 Å². The van der Waals surface area contributed by atoms with Crippen LogP contribution in [0.15, 0.2) is 67.0 Å². The maximum atomic E-state index is 13.0. The first-order valence-electron chi connectivity index (χ1n) is 12.4. The zero-order chi connectivity index (χ0) is 28.7. The van der Waals surface area contributed by atoms with Crippen molar-refractivity contribution in [1.29, 1.82) is 5.41 Å². The third-order valence-electron chi connectivity index (χ3n) is 6.19. The highest BCUT2D eigenvalue weighted by atomic mass is 35.5. The molecule has 42 heavy (non-hydrogen) atoms. The van der Waals surface area contributed by atoms with Gasteiger partial charge in [-0.2, -0.15) is 0 Å². The first-order chi connectivity index (χ1) is 19.1. The van der Waals surface area contributed by atoms with Crippen LogP contribution < -0.4 is 19.7 Å². The molecule has 1 aliphatic rings. The zero-order valence-corrected chi connectivity index (χ0v) is 25.5. The molecule has 0 spiro atoms. The van der Waals surface area contributed by atoms with Crippen molar-refractivity contribution in [3.05, 3.63) is 83.2 Å². The second kappa shape index (κ2) is 15.6. The Bertz CT molecular complexity index is 1500. The number of benzene rings is 2. The molecule has 4 rings (SSSR count). The lowest BCUT2D eigenvalue weighted by Gasteiger charge is -2.32. The monoisotopic (exact) mass is 656 g/mol. The van der Waals surface area contributed by atoms with Gasteiger partial charge in [-0.3, -0.25) is 14.5 Å². The molecule has 1 aliphatic heterocycles. The number of halogens is 3. The van der Waals surface area contributed by atoms with Gasteiger partial charge in [0.1, 0.15) is 17.7 Å². The van der Waals surface area contributed by atoms with E-state index >= 15 is 0 Å². The molecule has 2 aromatic carbocycles. The Kier molecular flexibility index (Phi) is 12.9. The van der Waals surface area contributed by atoms with Gasteiger partial charge in [0.05, 0.1) is 17.3 Å². The molecule has 0 aliphatic carbocycles. The van der Waals surface area contributed by atoms with Crippen LogP contribution in [-0.4, -0.2) is 66.8 Å². The molecule has 226 valence electrons. The Morgan fingerprint density at radius 2 is 1.83 bits per heavy atom. The van der Waals surface area contributed by atoms with Crippen molar-refractivity contribution in [2.24, 2.45) is 5.73 Å². The molecule has 0 amide bonds. The smallest absolute Gasteiger partial charge is 0.320 e. The van der Waals surface area contributed by atoms with Gasteiger partial charge in [-0.15, -0.1) is 24.8 Å². The van der Waals surface area contributed by atoms with Crippen LogP contribution in [0.3, 0.4) is 0 Å². The summed E-state index contributed by atoms with van der Waals surface area (Å²) in [5.74, 6) is -1.56. The molecule has 1 saturated heterocycles. The molecule has 0 atom stereocenters. The minimum Gasteiger partial charge on any atom is -0.489 e. The van der Waals surface area contributed by atoms with Gasteiger partial charge in [-0.1, -0.05) is 42.0 Å². The maximum Gasteiger partial charge on any atom is 0.320 e. The minimum atomic E-state index is -4.23. The maximum absolute atomic E-state index is 13.0. The Labute approximate surface area is 261 Å². The van der Waals surface area contributed by atoms with E-state index in [-0.39, 0.29) is 54.0 Å². The van der Waals surface area contributed by atoms with Crippen LogP contribution in [0.25, 0.3) is 6.08 Å². The van der Waals surface area contributed by atoms with E-state index in [1.54, 1.807) is 60.9 Å². The number of sulfonamides is 1. The number of carboxylic acid groups (broad SMARTS) is 1. The van der Waals surface area contributed by atoms with Gasteiger partial charge in [0.2, 0.25) is 16.0 Å². The van der Waals surface area contributed by atoms with Crippen molar-refractivity contribution < 1.29 is 23.1 Å². The highest BCUT2D eigenvalue weighted by molar-refractivity contribution is 7.93. The largest absolute Gasteiger partial charge is 0.489 e. The molecule has 2 heterocycles. The number of carboxylic acids is 1. The van der Waals surface area contributed by atoms with E-state index in [1.807, 2.05) is 0 Å². The summed E-state index contributed by atoms with van der Waals surface area (Å²) in [4.78, 5) is 21.9. The average molecular weight is 658 g/mol. The lowest BCUT2D eigenvalue weighted by Crippen LogP contribution is -2.39. The summed E-state index contributed by atoms with van der Waals surface area (Å²) >= 11 is 6.51. The lowest BCUT2D eigenvalue weighted by molar-refractivity contribution is -0.134. The third-order valence-corrected chi connectivity index (χ3v) is 8.13. The molecule has 0 saturated carbocycles. The number of amidine groups is 1. The fourth-order valence-corrected chi connectivity index (χ4v) is 5.69. The molecular weight excluding hydrogens is 627 g/mol. The number of rotatable bonds is 11. The van der Waals surface area contributed by atoms with Crippen LogP contribution in [0.5, 0.6) is 5.75 Å². The predicted octanol–water partition coefficient (Wildman–Crippen LogP) is 4.24. The number of aliphatic carboxylic acids is 1.